The first-order valence-electron chi connectivity index (χ1n) is 11.6. The lowest BCUT2D eigenvalue weighted by molar-refractivity contribution is -0.105. The Labute approximate surface area is 205 Å². The molecule has 0 heterocycles. The number of carbonyl (C=O) groups excluding carboxylic acids is 1. The Balaban J connectivity index is 0.000000574. The van der Waals surface area contributed by atoms with Crippen molar-refractivity contribution in [3.05, 3.63) is 62.6 Å². The summed E-state index contributed by atoms with van der Waals surface area (Å²) >= 11 is 12.3. The molecule has 5 heteroatoms. The summed E-state index contributed by atoms with van der Waals surface area (Å²) in [5, 5.41) is 13.2. The van der Waals surface area contributed by atoms with Gasteiger partial charge in [0.1, 0.15) is 0 Å². The van der Waals surface area contributed by atoms with Gasteiger partial charge in [-0.2, -0.15) is 0 Å². The van der Waals surface area contributed by atoms with Crippen LogP contribution < -0.4 is 5.32 Å². The number of carbonyl (C=O) groups is 1. The Morgan fingerprint density at radius 2 is 1.59 bits per heavy atom. The number of rotatable bonds is 9. The van der Waals surface area contributed by atoms with Crippen LogP contribution >= 0.6 is 23.2 Å². The number of aliphatic hydroxyl groups is 1. The molecule has 0 aliphatic rings. The van der Waals surface area contributed by atoms with E-state index in [0.29, 0.717) is 12.3 Å². The number of nitrogens with one attached hydrogen (secondary N) is 1. The van der Waals surface area contributed by atoms with E-state index in [2.05, 4.69) is 26.1 Å². The van der Waals surface area contributed by atoms with Crippen molar-refractivity contribution in [2.24, 2.45) is 5.92 Å². The fourth-order valence-corrected chi connectivity index (χ4v) is 3.98. The van der Waals surface area contributed by atoms with Crippen LogP contribution in [0.1, 0.15) is 88.5 Å². The minimum Gasteiger partial charge on any atom is -0.392 e. The summed E-state index contributed by atoms with van der Waals surface area (Å²) in [6, 6.07) is 9.51. The van der Waals surface area contributed by atoms with E-state index < -0.39 is 0 Å². The summed E-state index contributed by atoms with van der Waals surface area (Å²) in [7, 11) is 0. The molecule has 0 aliphatic carbocycles. The van der Waals surface area contributed by atoms with E-state index >= 15 is 0 Å². The summed E-state index contributed by atoms with van der Waals surface area (Å²) in [5.74, 6) is 1.33. The van der Waals surface area contributed by atoms with Gasteiger partial charge >= 0.3 is 0 Å². The first-order chi connectivity index (χ1) is 15.3. The van der Waals surface area contributed by atoms with Crippen LogP contribution in [0.2, 0.25) is 10.0 Å². The van der Waals surface area contributed by atoms with Crippen molar-refractivity contribution < 1.29 is 9.90 Å². The van der Waals surface area contributed by atoms with E-state index in [1.807, 2.05) is 58.0 Å². The van der Waals surface area contributed by atoms with Crippen LogP contribution in [0.5, 0.6) is 0 Å². The molecule has 0 saturated heterocycles. The zero-order valence-electron chi connectivity index (χ0n) is 20.8. The maximum Gasteiger partial charge on any atom is 0.211 e. The van der Waals surface area contributed by atoms with E-state index in [1.165, 1.54) is 24.8 Å². The van der Waals surface area contributed by atoms with Crippen molar-refractivity contribution in [1.82, 2.24) is 0 Å². The number of hydrogen-bond acceptors (Lipinski definition) is 2. The minimum absolute atomic E-state index is 0.0308. The number of aliphatic hydroxyl groups excluding tert-OH is 1. The van der Waals surface area contributed by atoms with Crippen molar-refractivity contribution in [3.8, 4) is 0 Å². The number of halogens is 2. The maximum atomic E-state index is 10.3. The molecule has 0 radical (unpaired) electrons. The molecule has 0 saturated carbocycles. The zero-order valence-corrected chi connectivity index (χ0v) is 22.3. The Hall–Kier alpha value is -1.55. The Kier molecular flexibility index (Phi) is 16.2. The lowest BCUT2D eigenvalue weighted by Gasteiger charge is -2.19. The molecule has 2 atom stereocenters. The van der Waals surface area contributed by atoms with Crippen LogP contribution in [0.3, 0.4) is 0 Å². The predicted octanol–water partition coefficient (Wildman–Crippen LogP) is 8.70. The molecular formula is C27H41Cl2NO2. The lowest BCUT2D eigenvalue weighted by atomic mass is 9.88. The highest BCUT2D eigenvalue weighted by atomic mass is 35.5. The van der Waals surface area contributed by atoms with Crippen LogP contribution in [0, 0.1) is 19.8 Å². The van der Waals surface area contributed by atoms with Crippen LogP contribution in [-0.2, 0) is 11.4 Å². The smallest absolute Gasteiger partial charge is 0.211 e. The Bertz CT molecular complexity index is 785. The standard InChI is InChI=1S/C15H22Cl2.C10H13NO2.C2H6/c1-4-11(3)6-7-12(5-2)14-10-13(16)8-9-15(14)17;1-7-3-9(5-12)4-8(2)10(7)11-6-13;1-2/h8-12H,4-7H2,1-3H3;3-4,6,12H,5H2,1-2H3,(H,11,13);1-2H3. The number of benzene rings is 2. The fraction of sp³-hybridized carbons (Fsp3) is 0.519. The summed E-state index contributed by atoms with van der Waals surface area (Å²) < 4.78 is 0. The molecule has 2 rings (SSSR count). The number of aryl methyl sites for hydroxylation is 2. The van der Waals surface area contributed by atoms with Gasteiger partial charge in [-0.25, -0.2) is 0 Å². The van der Waals surface area contributed by atoms with Gasteiger partial charge in [0.2, 0.25) is 6.41 Å². The molecule has 0 aliphatic heterocycles. The molecule has 1 amide bonds. The van der Waals surface area contributed by atoms with E-state index in [4.69, 9.17) is 28.3 Å². The molecule has 2 aromatic carbocycles. The third kappa shape index (κ3) is 10.4. The van der Waals surface area contributed by atoms with Crippen LogP contribution in [-0.4, -0.2) is 11.5 Å². The van der Waals surface area contributed by atoms with Gasteiger partial charge in [-0.15, -0.1) is 0 Å². The number of hydrogen-bond donors (Lipinski definition) is 2. The van der Waals surface area contributed by atoms with Crippen molar-refractivity contribution in [2.45, 2.75) is 86.7 Å². The first kappa shape index (κ1) is 30.4. The lowest BCUT2D eigenvalue weighted by Crippen LogP contribution is -2.02. The normalized spacial score (nSPS) is 11.9. The molecule has 0 fully saturated rings. The number of anilines is 1. The molecule has 3 nitrogen and oxygen atoms in total. The quantitative estimate of drug-likeness (QED) is 0.351. The van der Waals surface area contributed by atoms with Gasteiger partial charge in [0.25, 0.3) is 0 Å². The monoisotopic (exact) mass is 481 g/mol. The largest absolute Gasteiger partial charge is 0.392 e. The topological polar surface area (TPSA) is 49.3 Å². The maximum absolute atomic E-state index is 10.3. The van der Waals surface area contributed by atoms with Crippen molar-refractivity contribution in [1.29, 1.82) is 0 Å². The highest BCUT2D eigenvalue weighted by molar-refractivity contribution is 6.33. The molecule has 32 heavy (non-hydrogen) atoms. The highest BCUT2D eigenvalue weighted by Crippen LogP contribution is 2.33. The summed E-state index contributed by atoms with van der Waals surface area (Å²) in [6.07, 6.45) is 5.49. The second kappa shape index (κ2) is 17.0. The van der Waals surface area contributed by atoms with Crippen molar-refractivity contribution in [2.75, 3.05) is 5.32 Å². The average molecular weight is 483 g/mol. The summed E-state index contributed by atoms with van der Waals surface area (Å²) in [4.78, 5) is 10.3. The second-order valence-electron chi connectivity index (χ2n) is 7.89. The molecule has 180 valence electrons. The van der Waals surface area contributed by atoms with Gasteiger partial charge in [0.15, 0.2) is 0 Å². The van der Waals surface area contributed by atoms with Crippen molar-refractivity contribution in [3.63, 3.8) is 0 Å². The van der Waals surface area contributed by atoms with Gasteiger partial charge in [-0.1, -0.05) is 82.8 Å². The third-order valence-electron chi connectivity index (χ3n) is 5.57. The van der Waals surface area contributed by atoms with Gasteiger partial charge in [0, 0.05) is 15.7 Å². The van der Waals surface area contributed by atoms with Gasteiger partial charge in [0.05, 0.1) is 6.61 Å². The molecular weight excluding hydrogens is 441 g/mol. The summed E-state index contributed by atoms with van der Waals surface area (Å²) in [5.41, 5.74) is 4.84. The molecule has 2 N–H and O–H groups in total. The molecule has 0 bridgehead atoms. The molecule has 0 spiro atoms. The van der Waals surface area contributed by atoms with Crippen LogP contribution in [0.4, 0.5) is 5.69 Å². The first-order valence-corrected chi connectivity index (χ1v) is 12.4. The Morgan fingerprint density at radius 3 is 2.06 bits per heavy atom. The van der Waals surface area contributed by atoms with E-state index in [9.17, 15) is 4.79 Å². The average Bonchev–Trinajstić information content (AvgIpc) is 2.80. The van der Waals surface area contributed by atoms with E-state index in [1.54, 1.807) is 0 Å². The highest BCUT2D eigenvalue weighted by Gasteiger charge is 2.14. The van der Waals surface area contributed by atoms with Gasteiger partial charge < -0.3 is 10.4 Å². The van der Waals surface area contributed by atoms with Crippen LogP contribution in [0.15, 0.2) is 30.3 Å². The Morgan fingerprint density at radius 1 is 1.00 bits per heavy atom. The second-order valence-corrected chi connectivity index (χ2v) is 8.73. The summed E-state index contributed by atoms with van der Waals surface area (Å²) in [6.45, 7) is 14.6. The predicted molar refractivity (Wildman–Crippen MR) is 141 cm³/mol. The van der Waals surface area contributed by atoms with Gasteiger partial charge in [-0.3, -0.25) is 4.79 Å². The van der Waals surface area contributed by atoms with Crippen molar-refractivity contribution >= 4 is 35.3 Å². The zero-order chi connectivity index (χ0) is 24.7. The fourth-order valence-electron chi connectivity index (χ4n) is 3.53. The molecule has 2 unspecified atom stereocenters. The van der Waals surface area contributed by atoms with Crippen LogP contribution in [0.25, 0.3) is 0 Å². The van der Waals surface area contributed by atoms with Gasteiger partial charge in [-0.05, 0) is 79.0 Å². The van der Waals surface area contributed by atoms with E-state index in [0.717, 1.165) is 44.8 Å². The minimum atomic E-state index is 0.0308. The number of amides is 1. The third-order valence-corrected chi connectivity index (χ3v) is 6.15. The SMILES string of the molecule is CC.CCC(C)CCC(CC)c1cc(Cl)ccc1Cl.Cc1cc(CO)cc(C)c1NC=O. The van der Waals surface area contributed by atoms with E-state index in [-0.39, 0.29) is 6.61 Å². The molecule has 0 aromatic heterocycles. The molecule has 2 aromatic rings.